The van der Waals surface area contributed by atoms with Gasteiger partial charge in [0, 0.05) is 11.2 Å². The molecule has 5 heteroatoms. The molecule has 0 aliphatic heterocycles. The van der Waals surface area contributed by atoms with Crippen LogP contribution in [0.4, 0.5) is 0 Å². The molecule has 2 aromatic heterocycles. The van der Waals surface area contributed by atoms with Crippen LogP contribution in [0, 0.1) is 6.92 Å². The second-order valence-corrected chi connectivity index (χ2v) is 4.93. The summed E-state index contributed by atoms with van der Waals surface area (Å²) in [5, 5.41) is 1.48. The Morgan fingerprint density at radius 1 is 1.28 bits per heavy atom. The molecular formula is C13H8Cl2N2O. The third kappa shape index (κ3) is 1.59. The van der Waals surface area contributed by atoms with E-state index in [0.717, 1.165) is 5.56 Å². The van der Waals surface area contributed by atoms with E-state index in [4.69, 9.17) is 23.2 Å². The third-order valence-electron chi connectivity index (χ3n) is 2.85. The number of benzene rings is 1. The lowest BCUT2D eigenvalue weighted by Gasteiger charge is -2.06. The van der Waals surface area contributed by atoms with E-state index >= 15 is 0 Å². The Morgan fingerprint density at radius 3 is 2.83 bits per heavy atom. The van der Waals surface area contributed by atoms with Crippen LogP contribution in [0.3, 0.4) is 0 Å². The zero-order valence-electron chi connectivity index (χ0n) is 9.45. The minimum absolute atomic E-state index is 0.164. The van der Waals surface area contributed by atoms with Crippen LogP contribution < -0.4 is 5.56 Å². The summed E-state index contributed by atoms with van der Waals surface area (Å²) in [6, 6.07) is 6.83. The lowest BCUT2D eigenvalue weighted by atomic mass is 10.1. The molecule has 3 nitrogen and oxygen atoms in total. The van der Waals surface area contributed by atoms with Gasteiger partial charge >= 0.3 is 0 Å². The third-order valence-corrected chi connectivity index (χ3v) is 3.36. The van der Waals surface area contributed by atoms with E-state index < -0.39 is 0 Å². The van der Waals surface area contributed by atoms with Gasteiger partial charge in [-0.2, -0.15) is 0 Å². The number of hydrogen-bond acceptors (Lipinski definition) is 2. The van der Waals surface area contributed by atoms with Gasteiger partial charge in [0.15, 0.2) is 5.65 Å². The fourth-order valence-corrected chi connectivity index (χ4v) is 2.51. The quantitative estimate of drug-likeness (QED) is 0.590. The molecule has 0 radical (unpaired) electrons. The molecule has 0 fully saturated rings. The van der Waals surface area contributed by atoms with Crippen molar-refractivity contribution >= 4 is 39.8 Å². The van der Waals surface area contributed by atoms with E-state index in [2.05, 4.69) is 4.98 Å². The van der Waals surface area contributed by atoms with Gasteiger partial charge in [-0.3, -0.25) is 9.20 Å². The molecule has 0 unspecified atom stereocenters. The van der Waals surface area contributed by atoms with Crippen LogP contribution in [-0.2, 0) is 0 Å². The summed E-state index contributed by atoms with van der Waals surface area (Å²) >= 11 is 12.0. The van der Waals surface area contributed by atoms with Crippen molar-refractivity contribution < 1.29 is 0 Å². The zero-order chi connectivity index (χ0) is 12.9. The Bertz CT molecular complexity index is 840. The number of aryl methyl sites for hydroxylation is 1. The molecular weight excluding hydrogens is 271 g/mol. The van der Waals surface area contributed by atoms with Crippen LogP contribution in [0.1, 0.15) is 5.56 Å². The smallest absolute Gasteiger partial charge is 0.265 e. The van der Waals surface area contributed by atoms with Gasteiger partial charge in [-0.25, -0.2) is 4.98 Å². The average molecular weight is 279 g/mol. The number of fused-ring (bicyclic) bond motifs is 2. The monoisotopic (exact) mass is 278 g/mol. The van der Waals surface area contributed by atoms with Crippen molar-refractivity contribution in [3.63, 3.8) is 0 Å². The normalized spacial score (nSPS) is 11.3. The molecule has 0 spiro atoms. The molecule has 0 N–H and O–H groups in total. The molecule has 0 amide bonds. The van der Waals surface area contributed by atoms with Crippen molar-refractivity contribution in [1.29, 1.82) is 0 Å². The summed E-state index contributed by atoms with van der Waals surface area (Å²) in [4.78, 5) is 16.8. The highest BCUT2D eigenvalue weighted by molar-refractivity contribution is 6.33. The van der Waals surface area contributed by atoms with E-state index in [1.807, 2.05) is 6.92 Å². The molecule has 0 saturated carbocycles. The molecule has 18 heavy (non-hydrogen) atoms. The van der Waals surface area contributed by atoms with E-state index in [9.17, 15) is 4.79 Å². The predicted molar refractivity (Wildman–Crippen MR) is 73.7 cm³/mol. The summed E-state index contributed by atoms with van der Waals surface area (Å²) in [6.07, 6.45) is 1.65. The van der Waals surface area contributed by atoms with E-state index in [1.54, 1.807) is 30.5 Å². The SMILES string of the molecule is Cc1cc(Cl)cc2c(=O)n3cccc(Cl)c3nc12. The first-order valence-electron chi connectivity index (χ1n) is 5.34. The summed E-state index contributed by atoms with van der Waals surface area (Å²) in [5.74, 6) is 0. The fraction of sp³-hybridized carbons (Fsp3) is 0.0769. The highest BCUT2D eigenvalue weighted by Gasteiger charge is 2.10. The Morgan fingerprint density at radius 2 is 2.06 bits per heavy atom. The molecule has 90 valence electrons. The first-order valence-corrected chi connectivity index (χ1v) is 6.10. The van der Waals surface area contributed by atoms with Crippen LogP contribution >= 0.6 is 23.2 Å². The maximum Gasteiger partial charge on any atom is 0.265 e. The molecule has 3 aromatic rings. The summed E-state index contributed by atoms with van der Waals surface area (Å²) in [6.45, 7) is 1.87. The van der Waals surface area contributed by atoms with E-state index in [-0.39, 0.29) is 5.56 Å². The molecule has 1 aromatic carbocycles. The second-order valence-electron chi connectivity index (χ2n) is 4.09. The van der Waals surface area contributed by atoms with Crippen molar-refractivity contribution in [2.75, 3.05) is 0 Å². The van der Waals surface area contributed by atoms with Crippen molar-refractivity contribution in [2.24, 2.45) is 0 Å². The first kappa shape index (κ1) is 11.5. The Labute approximate surface area is 113 Å². The van der Waals surface area contributed by atoms with Crippen LogP contribution in [-0.4, -0.2) is 9.38 Å². The average Bonchev–Trinajstić information content (AvgIpc) is 2.32. The molecule has 0 atom stereocenters. The van der Waals surface area contributed by atoms with Crippen molar-refractivity contribution in [3.05, 3.63) is 56.4 Å². The standard InChI is InChI=1S/C13H8Cl2N2O/c1-7-5-8(14)6-9-11(7)16-12-10(15)3-2-4-17(12)13(9)18/h2-6H,1H3. The van der Waals surface area contributed by atoms with Gasteiger partial charge in [-0.15, -0.1) is 0 Å². The highest BCUT2D eigenvalue weighted by atomic mass is 35.5. The lowest BCUT2D eigenvalue weighted by molar-refractivity contribution is 1.08. The van der Waals surface area contributed by atoms with Gasteiger partial charge in [-0.05, 0) is 36.8 Å². The van der Waals surface area contributed by atoms with Crippen molar-refractivity contribution in [2.45, 2.75) is 6.92 Å². The number of halogens is 2. The molecule has 0 aliphatic carbocycles. The van der Waals surface area contributed by atoms with E-state index in [0.29, 0.717) is 26.6 Å². The van der Waals surface area contributed by atoms with Crippen LogP contribution in [0.5, 0.6) is 0 Å². The Kier molecular flexibility index (Phi) is 2.54. The van der Waals surface area contributed by atoms with Crippen molar-refractivity contribution in [3.8, 4) is 0 Å². The van der Waals surface area contributed by atoms with Gasteiger partial charge in [0.2, 0.25) is 0 Å². The van der Waals surface area contributed by atoms with Gasteiger partial charge in [-0.1, -0.05) is 23.2 Å². The summed E-state index contributed by atoms with van der Waals surface area (Å²) in [5.41, 5.74) is 1.79. The Hall–Kier alpha value is -1.58. The molecule has 0 saturated heterocycles. The largest absolute Gasteiger partial charge is 0.268 e. The molecule has 0 aliphatic rings. The first-order chi connectivity index (χ1) is 8.58. The maximum absolute atomic E-state index is 12.4. The zero-order valence-corrected chi connectivity index (χ0v) is 11.0. The predicted octanol–water partition coefficient (Wildman–Crippen LogP) is 3.46. The number of nitrogens with zero attached hydrogens (tertiary/aromatic N) is 2. The lowest BCUT2D eigenvalue weighted by Crippen LogP contribution is -2.15. The number of rotatable bonds is 0. The summed E-state index contributed by atoms with van der Waals surface area (Å²) in [7, 11) is 0. The maximum atomic E-state index is 12.4. The minimum atomic E-state index is -0.164. The second kappa shape index (κ2) is 3.97. The van der Waals surface area contributed by atoms with E-state index in [1.165, 1.54) is 4.40 Å². The van der Waals surface area contributed by atoms with Gasteiger partial charge in [0.25, 0.3) is 5.56 Å². The van der Waals surface area contributed by atoms with Gasteiger partial charge in [0.1, 0.15) is 0 Å². The van der Waals surface area contributed by atoms with Crippen molar-refractivity contribution in [1.82, 2.24) is 9.38 Å². The number of aromatic nitrogens is 2. The van der Waals surface area contributed by atoms with Crippen LogP contribution in [0.2, 0.25) is 10.0 Å². The molecule has 3 rings (SSSR count). The summed E-state index contributed by atoms with van der Waals surface area (Å²) < 4.78 is 1.43. The molecule has 0 bridgehead atoms. The van der Waals surface area contributed by atoms with Gasteiger partial charge < -0.3 is 0 Å². The number of pyridine rings is 1. The van der Waals surface area contributed by atoms with Gasteiger partial charge in [0.05, 0.1) is 15.9 Å². The highest BCUT2D eigenvalue weighted by Crippen LogP contribution is 2.22. The van der Waals surface area contributed by atoms with Crippen LogP contribution in [0.25, 0.3) is 16.6 Å². The van der Waals surface area contributed by atoms with Crippen LogP contribution in [0.15, 0.2) is 35.3 Å². The number of hydrogen-bond donors (Lipinski definition) is 0. The minimum Gasteiger partial charge on any atom is -0.268 e. The molecule has 2 heterocycles. The Balaban J connectivity index is 2.66. The topological polar surface area (TPSA) is 34.4 Å². The fourth-order valence-electron chi connectivity index (χ4n) is 2.03.